The number of aliphatic hydroxyl groups is 1. The second-order valence-electron chi connectivity index (χ2n) is 7.25. The smallest absolute Gasteiger partial charge is 0.137 e. The number of rotatable bonds is 5. The average Bonchev–Trinajstić information content (AvgIpc) is 3.52. The summed E-state index contributed by atoms with van der Waals surface area (Å²) in [6.07, 6.45) is 20.1. The maximum Gasteiger partial charge on any atom is 0.137 e. The molecule has 0 spiro atoms. The number of fused-ring (bicyclic) bond motifs is 1. The minimum absolute atomic E-state index is 0.0592. The van der Waals surface area contributed by atoms with Crippen LogP contribution >= 0.6 is 0 Å². The lowest BCUT2D eigenvalue weighted by molar-refractivity contribution is 0.0647. The van der Waals surface area contributed by atoms with Crippen LogP contribution < -0.4 is 0 Å². The summed E-state index contributed by atoms with van der Waals surface area (Å²) in [6, 6.07) is 8.20. The highest BCUT2D eigenvalue weighted by Crippen LogP contribution is 2.50. The summed E-state index contributed by atoms with van der Waals surface area (Å²) in [5, 5.41) is 12.3. The molecule has 0 fully saturated rings. The third kappa shape index (κ3) is 2.53. The topological polar surface area (TPSA) is 32.6 Å². The van der Waals surface area contributed by atoms with Gasteiger partial charge in [0.2, 0.25) is 0 Å². The molecule has 0 aromatic heterocycles. The van der Waals surface area contributed by atoms with Crippen molar-refractivity contribution in [1.29, 1.82) is 0 Å². The Bertz CT molecular complexity index is 1130. The summed E-state index contributed by atoms with van der Waals surface area (Å²) in [5.41, 5.74) is 13.2. The molecule has 1 N–H and O–H groups in total. The molecule has 1 heterocycles. The van der Waals surface area contributed by atoms with E-state index in [0.717, 1.165) is 34.4 Å². The van der Waals surface area contributed by atoms with Gasteiger partial charge in [0, 0.05) is 34.8 Å². The Morgan fingerprint density at radius 1 is 0.929 bits per heavy atom. The molecule has 0 radical (unpaired) electrons. The third-order valence-electron chi connectivity index (χ3n) is 5.75. The van der Waals surface area contributed by atoms with Gasteiger partial charge in [-0.2, -0.15) is 0 Å². The van der Waals surface area contributed by atoms with Crippen molar-refractivity contribution in [3.63, 3.8) is 0 Å². The highest BCUT2D eigenvalue weighted by Gasteiger charge is 2.49. The lowest BCUT2D eigenvalue weighted by Crippen LogP contribution is -2.44. The van der Waals surface area contributed by atoms with Crippen LogP contribution in [0.5, 0.6) is 0 Å². The van der Waals surface area contributed by atoms with Gasteiger partial charge >= 0.3 is 0 Å². The van der Waals surface area contributed by atoms with E-state index in [1.54, 1.807) is 0 Å². The summed E-state index contributed by atoms with van der Waals surface area (Å²) < 4.78 is 0. The summed E-state index contributed by atoms with van der Waals surface area (Å²) in [5.74, 6) is -0.184. The van der Waals surface area contributed by atoms with Gasteiger partial charge in [-0.05, 0) is 48.4 Å². The molecule has 2 heteroatoms. The maximum absolute atomic E-state index is 12.3. The number of aliphatic imine (C=N–C) groups is 1. The molecular formula is C26H19NO. The van der Waals surface area contributed by atoms with E-state index < -0.39 is 5.60 Å². The summed E-state index contributed by atoms with van der Waals surface area (Å²) in [4.78, 5) is 4.58. The molecule has 3 aliphatic carbocycles. The lowest BCUT2D eigenvalue weighted by Gasteiger charge is -2.42. The average molecular weight is 361 g/mol. The predicted molar refractivity (Wildman–Crippen MR) is 113 cm³/mol. The van der Waals surface area contributed by atoms with E-state index in [-0.39, 0.29) is 11.8 Å². The first-order valence-electron chi connectivity index (χ1n) is 9.53. The van der Waals surface area contributed by atoms with Crippen LogP contribution in [0.15, 0.2) is 118 Å². The van der Waals surface area contributed by atoms with Crippen molar-refractivity contribution in [3.8, 4) is 0 Å². The van der Waals surface area contributed by atoms with Crippen molar-refractivity contribution < 1.29 is 5.11 Å². The molecule has 1 aromatic rings. The number of benzene rings is 1. The van der Waals surface area contributed by atoms with Crippen molar-refractivity contribution in [2.24, 2.45) is 10.9 Å². The Kier molecular flexibility index (Phi) is 3.99. The molecule has 5 rings (SSSR count). The lowest BCUT2D eigenvalue weighted by atomic mass is 9.64. The molecule has 134 valence electrons. The summed E-state index contributed by atoms with van der Waals surface area (Å²) >= 11 is 0. The first kappa shape index (κ1) is 16.8. The molecule has 2 atom stereocenters. The molecule has 1 aliphatic heterocycles. The van der Waals surface area contributed by atoms with Gasteiger partial charge in [0.1, 0.15) is 5.60 Å². The van der Waals surface area contributed by atoms with Crippen LogP contribution in [0.3, 0.4) is 0 Å². The Labute approximate surface area is 164 Å². The van der Waals surface area contributed by atoms with Crippen molar-refractivity contribution in [2.45, 2.75) is 17.9 Å². The van der Waals surface area contributed by atoms with Crippen LogP contribution in [0.25, 0.3) is 0 Å². The van der Waals surface area contributed by atoms with Crippen molar-refractivity contribution in [3.05, 3.63) is 118 Å². The SMILES string of the molecule is OC(C1=C=CC=C1)(C1=C=CC=C1)C(C1=C=CC=C1)[C@H]1CC=Nc2ccccc21. The first-order valence-corrected chi connectivity index (χ1v) is 9.53. The second-order valence-corrected chi connectivity index (χ2v) is 7.25. The van der Waals surface area contributed by atoms with E-state index in [1.807, 2.05) is 73.0 Å². The Hall–Kier alpha value is -3.37. The maximum atomic E-state index is 12.3. The Morgan fingerprint density at radius 3 is 2.25 bits per heavy atom. The van der Waals surface area contributed by atoms with Gasteiger partial charge in [0.25, 0.3) is 0 Å². The molecule has 1 unspecified atom stereocenters. The number of allylic oxidation sites excluding steroid dienone is 4. The second kappa shape index (κ2) is 6.66. The highest BCUT2D eigenvalue weighted by atomic mass is 16.3. The number of nitrogens with zero attached hydrogens (tertiary/aromatic N) is 1. The van der Waals surface area contributed by atoms with Gasteiger partial charge in [-0.3, -0.25) is 4.99 Å². The van der Waals surface area contributed by atoms with Crippen molar-refractivity contribution >= 4 is 11.9 Å². The number of hydrogen-bond donors (Lipinski definition) is 1. The molecule has 0 bridgehead atoms. The standard InChI is InChI=1S/C26H19NO/c28-26(20-11-3-4-12-20,21-13-5-6-14-21)25(19-9-1-2-10-19)23-17-18-27-24-16-8-7-15-22(23)24/h1-9,11,13,15-16,18,23,25,28H,17H2/t23-,25?/m0/s1. The fourth-order valence-electron chi connectivity index (χ4n) is 4.51. The molecule has 0 amide bonds. The normalized spacial score (nSPS) is 21.9. The van der Waals surface area contributed by atoms with E-state index in [1.165, 1.54) is 0 Å². The van der Waals surface area contributed by atoms with E-state index in [9.17, 15) is 5.11 Å². The highest BCUT2D eigenvalue weighted by molar-refractivity contribution is 5.71. The first-order chi connectivity index (χ1) is 13.8. The largest absolute Gasteiger partial charge is 0.378 e. The van der Waals surface area contributed by atoms with Crippen LogP contribution in [-0.2, 0) is 0 Å². The van der Waals surface area contributed by atoms with Gasteiger partial charge < -0.3 is 5.11 Å². The molecule has 1 aromatic carbocycles. The van der Waals surface area contributed by atoms with Gasteiger partial charge in [0.15, 0.2) is 0 Å². The molecule has 2 nitrogen and oxygen atoms in total. The van der Waals surface area contributed by atoms with Crippen molar-refractivity contribution in [2.75, 3.05) is 0 Å². The van der Waals surface area contributed by atoms with Crippen molar-refractivity contribution in [1.82, 2.24) is 0 Å². The van der Waals surface area contributed by atoms with Gasteiger partial charge in [-0.15, -0.1) is 17.2 Å². The number of hydrogen-bond acceptors (Lipinski definition) is 2. The van der Waals surface area contributed by atoms with Gasteiger partial charge in [-0.25, -0.2) is 0 Å². The predicted octanol–water partition coefficient (Wildman–Crippen LogP) is 5.18. The zero-order valence-corrected chi connectivity index (χ0v) is 15.3. The number of para-hydroxylation sites is 1. The van der Waals surface area contributed by atoms with Crippen LogP contribution in [0.2, 0.25) is 0 Å². The quantitative estimate of drug-likeness (QED) is 0.721. The minimum Gasteiger partial charge on any atom is -0.378 e. The van der Waals surface area contributed by atoms with Crippen LogP contribution in [0.1, 0.15) is 17.9 Å². The Balaban J connectivity index is 1.75. The zero-order chi connectivity index (χ0) is 19.0. The summed E-state index contributed by atoms with van der Waals surface area (Å²) in [6.45, 7) is 0. The summed E-state index contributed by atoms with van der Waals surface area (Å²) in [7, 11) is 0. The molecule has 28 heavy (non-hydrogen) atoms. The van der Waals surface area contributed by atoms with E-state index in [4.69, 9.17) is 0 Å². The minimum atomic E-state index is -1.26. The van der Waals surface area contributed by atoms with Gasteiger partial charge in [-0.1, -0.05) is 42.5 Å². The molecule has 0 saturated heterocycles. The fraction of sp³-hybridized carbons (Fsp3) is 0.154. The van der Waals surface area contributed by atoms with E-state index in [0.29, 0.717) is 0 Å². The molecular weight excluding hydrogens is 342 g/mol. The zero-order valence-electron chi connectivity index (χ0n) is 15.3. The van der Waals surface area contributed by atoms with Crippen LogP contribution in [-0.4, -0.2) is 16.9 Å². The van der Waals surface area contributed by atoms with E-state index in [2.05, 4.69) is 34.3 Å². The molecule has 4 aliphatic rings. The van der Waals surface area contributed by atoms with E-state index >= 15 is 0 Å². The third-order valence-corrected chi connectivity index (χ3v) is 5.75. The van der Waals surface area contributed by atoms with Crippen LogP contribution in [0, 0.1) is 5.92 Å². The van der Waals surface area contributed by atoms with Crippen LogP contribution in [0.4, 0.5) is 5.69 Å². The fourth-order valence-corrected chi connectivity index (χ4v) is 4.51. The Morgan fingerprint density at radius 2 is 1.61 bits per heavy atom. The monoisotopic (exact) mass is 361 g/mol. The molecule has 0 saturated carbocycles. The van der Waals surface area contributed by atoms with Gasteiger partial charge in [0.05, 0.1) is 5.69 Å².